The van der Waals surface area contributed by atoms with E-state index in [9.17, 15) is 9.59 Å². The average Bonchev–Trinajstić information content (AvgIpc) is 2.90. The second kappa shape index (κ2) is 11.2. The third-order valence-corrected chi connectivity index (χ3v) is 6.76. The van der Waals surface area contributed by atoms with Crippen LogP contribution in [0.25, 0.3) is 22.0 Å². The van der Waals surface area contributed by atoms with Crippen LogP contribution in [-0.4, -0.2) is 54.9 Å². The van der Waals surface area contributed by atoms with E-state index in [0.29, 0.717) is 41.6 Å². The van der Waals surface area contributed by atoms with E-state index in [0.717, 1.165) is 42.3 Å². The van der Waals surface area contributed by atoms with Crippen LogP contribution in [0.2, 0.25) is 0 Å². The number of nitrogens with zero attached hydrogens (tertiary/aromatic N) is 3. The van der Waals surface area contributed by atoms with Crippen molar-refractivity contribution in [2.75, 3.05) is 38.5 Å². The van der Waals surface area contributed by atoms with Crippen molar-refractivity contribution >= 4 is 28.3 Å². The first-order valence-corrected chi connectivity index (χ1v) is 12.3. The fraction of sp³-hybridized carbons (Fsp3) is 0.357. The van der Waals surface area contributed by atoms with Crippen LogP contribution < -0.4 is 16.4 Å². The summed E-state index contributed by atoms with van der Waals surface area (Å²) in [5, 5.41) is 17.2. The number of hydrogen-bond acceptors (Lipinski definition) is 6. The molecule has 2 amide bonds. The molecule has 0 bridgehead atoms. The summed E-state index contributed by atoms with van der Waals surface area (Å²) in [7, 11) is 2.12. The Hall–Kier alpha value is -3.96. The maximum atomic E-state index is 12.8. The number of piperidine rings is 1. The van der Waals surface area contributed by atoms with E-state index in [1.807, 2.05) is 36.4 Å². The van der Waals surface area contributed by atoms with Crippen molar-refractivity contribution in [3.05, 3.63) is 59.8 Å². The maximum absolute atomic E-state index is 12.8. The first kappa shape index (κ1) is 25.1. The van der Waals surface area contributed by atoms with Crippen LogP contribution >= 0.6 is 0 Å². The fourth-order valence-corrected chi connectivity index (χ4v) is 4.49. The molecule has 0 aliphatic carbocycles. The van der Waals surface area contributed by atoms with Crippen molar-refractivity contribution < 1.29 is 9.59 Å². The number of aromatic nitrogens is 1. The zero-order chi connectivity index (χ0) is 25.7. The molecule has 4 N–H and O–H groups in total. The van der Waals surface area contributed by atoms with Gasteiger partial charge in [-0.2, -0.15) is 5.26 Å². The van der Waals surface area contributed by atoms with Gasteiger partial charge >= 0.3 is 0 Å². The van der Waals surface area contributed by atoms with Gasteiger partial charge in [0, 0.05) is 24.0 Å². The summed E-state index contributed by atoms with van der Waals surface area (Å²) in [6, 6.07) is 17.0. The van der Waals surface area contributed by atoms with Gasteiger partial charge in [0.2, 0.25) is 0 Å². The molecule has 1 fully saturated rings. The van der Waals surface area contributed by atoms with Gasteiger partial charge in [-0.05, 0) is 75.5 Å². The molecule has 4 rings (SSSR count). The van der Waals surface area contributed by atoms with Crippen molar-refractivity contribution in [3.8, 4) is 17.3 Å². The molecule has 3 aromatic rings. The predicted molar refractivity (Wildman–Crippen MR) is 142 cm³/mol. The van der Waals surface area contributed by atoms with Crippen molar-refractivity contribution in [2.24, 2.45) is 17.6 Å². The van der Waals surface area contributed by atoms with E-state index < -0.39 is 5.91 Å². The van der Waals surface area contributed by atoms with Crippen LogP contribution in [0.3, 0.4) is 0 Å². The highest BCUT2D eigenvalue weighted by atomic mass is 16.2. The lowest BCUT2D eigenvalue weighted by Crippen LogP contribution is -2.37. The van der Waals surface area contributed by atoms with Crippen LogP contribution in [0, 0.1) is 23.2 Å². The average molecular weight is 485 g/mol. The Kier molecular flexibility index (Phi) is 7.81. The normalized spacial score (nSPS) is 15.2. The number of fused-ring (bicyclic) bond motifs is 1. The number of amides is 2. The summed E-state index contributed by atoms with van der Waals surface area (Å²) in [5.41, 5.74) is 8.42. The molecule has 0 radical (unpaired) electrons. The zero-order valence-electron chi connectivity index (χ0n) is 20.8. The minimum absolute atomic E-state index is 0.180. The molecule has 8 nitrogen and oxygen atoms in total. The molecule has 2 heterocycles. The third kappa shape index (κ3) is 5.81. The van der Waals surface area contributed by atoms with Gasteiger partial charge in [0.1, 0.15) is 5.69 Å². The quantitative estimate of drug-likeness (QED) is 0.448. The zero-order valence-corrected chi connectivity index (χ0v) is 20.8. The summed E-state index contributed by atoms with van der Waals surface area (Å²) in [5.74, 6) is -0.477. The molecule has 0 saturated carbocycles. The summed E-state index contributed by atoms with van der Waals surface area (Å²) in [6.45, 7) is 4.95. The number of pyridine rings is 1. The number of nitriles is 1. The number of hydrogen-bond donors (Lipinski definition) is 3. The van der Waals surface area contributed by atoms with E-state index in [2.05, 4.69) is 33.6 Å². The second-order valence-corrected chi connectivity index (χ2v) is 9.56. The van der Waals surface area contributed by atoms with Gasteiger partial charge in [0.05, 0.1) is 28.9 Å². The second-order valence-electron chi connectivity index (χ2n) is 9.56. The van der Waals surface area contributed by atoms with Crippen molar-refractivity contribution in [1.29, 1.82) is 5.26 Å². The maximum Gasteiger partial charge on any atom is 0.269 e. The Morgan fingerprint density at radius 2 is 1.94 bits per heavy atom. The highest BCUT2D eigenvalue weighted by Crippen LogP contribution is 2.31. The number of benzene rings is 2. The Bertz CT molecular complexity index is 1310. The predicted octanol–water partition coefficient (Wildman–Crippen LogP) is 3.64. The van der Waals surface area contributed by atoms with Gasteiger partial charge in [0.25, 0.3) is 11.8 Å². The smallest absolute Gasteiger partial charge is 0.269 e. The highest BCUT2D eigenvalue weighted by molar-refractivity contribution is 6.08. The van der Waals surface area contributed by atoms with Gasteiger partial charge < -0.3 is 21.3 Å². The number of likely N-dealkylation sites (tertiary alicyclic amines) is 1. The summed E-state index contributed by atoms with van der Waals surface area (Å²) < 4.78 is 0. The molecule has 1 aliphatic heterocycles. The number of nitrogens with one attached hydrogen (secondary N) is 2. The summed E-state index contributed by atoms with van der Waals surface area (Å²) in [6.07, 6.45) is 2.16. The van der Waals surface area contributed by atoms with Crippen molar-refractivity contribution in [2.45, 2.75) is 19.8 Å². The van der Waals surface area contributed by atoms with Crippen LogP contribution in [0.5, 0.6) is 0 Å². The van der Waals surface area contributed by atoms with Crippen LogP contribution in [-0.2, 0) is 0 Å². The number of nitrogens with two attached hydrogens (primary N) is 1. The van der Waals surface area contributed by atoms with Gasteiger partial charge in [-0.15, -0.1) is 0 Å². The molecule has 186 valence electrons. The van der Waals surface area contributed by atoms with E-state index in [1.54, 1.807) is 19.1 Å². The van der Waals surface area contributed by atoms with Crippen molar-refractivity contribution in [1.82, 2.24) is 15.2 Å². The number of rotatable bonds is 8. The van der Waals surface area contributed by atoms with Crippen LogP contribution in [0.15, 0.2) is 48.5 Å². The molecule has 2 aromatic carbocycles. The van der Waals surface area contributed by atoms with E-state index in [-0.39, 0.29) is 11.8 Å². The van der Waals surface area contributed by atoms with Gasteiger partial charge in [-0.1, -0.05) is 24.3 Å². The van der Waals surface area contributed by atoms with E-state index in [4.69, 9.17) is 11.0 Å². The lowest BCUT2D eigenvalue weighted by molar-refractivity contribution is 0.0933. The minimum Gasteiger partial charge on any atom is -0.383 e. The minimum atomic E-state index is -0.546. The molecular formula is C28H32N6O2. The topological polar surface area (TPSA) is 124 Å². The molecule has 1 aromatic heterocycles. The molecule has 1 atom stereocenters. The molecule has 1 unspecified atom stereocenters. The first-order valence-electron chi connectivity index (χ1n) is 12.3. The number of carbonyl (C=O) groups is 2. The van der Waals surface area contributed by atoms with E-state index in [1.165, 1.54) is 0 Å². The standard InChI is InChI=1S/C28H32N6O2/c1-18(15-29)16-31-26-22(27(30)35)9-8-20-6-7-21(14-23(20)26)24-4-3-5-25(33-24)28(36)32-17-19-10-12-34(2)13-11-19/h3-9,14,18-19,31H,10-13,16-17H2,1-2H3,(H2,30,35)(H,32,36). The number of primary amides is 1. The molecule has 8 heteroatoms. The van der Waals surface area contributed by atoms with Crippen LogP contribution in [0.4, 0.5) is 5.69 Å². The molecule has 1 aliphatic rings. The number of carbonyl (C=O) groups excluding carboxylic acids is 2. The first-order chi connectivity index (χ1) is 17.4. The Balaban J connectivity index is 1.59. The van der Waals surface area contributed by atoms with Gasteiger partial charge in [-0.3, -0.25) is 9.59 Å². The Labute approximate surface area is 211 Å². The summed E-state index contributed by atoms with van der Waals surface area (Å²) >= 11 is 0. The monoisotopic (exact) mass is 484 g/mol. The Morgan fingerprint density at radius 1 is 1.19 bits per heavy atom. The Morgan fingerprint density at radius 3 is 2.67 bits per heavy atom. The van der Waals surface area contributed by atoms with Crippen molar-refractivity contribution in [3.63, 3.8) is 0 Å². The van der Waals surface area contributed by atoms with Crippen LogP contribution in [0.1, 0.15) is 40.6 Å². The number of anilines is 1. The molecular weight excluding hydrogens is 452 g/mol. The lowest BCUT2D eigenvalue weighted by atomic mass is 9.97. The SMILES string of the molecule is CC(C#N)CNc1c(C(N)=O)ccc2ccc(-c3cccc(C(=O)NCC4CCN(C)CC4)n3)cc12. The highest BCUT2D eigenvalue weighted by Gasteiger charge is 2.19. The van der Waals surface area contributed by atoms with Gasteiger partial charge in [-0.25, -0.2) is 4.98 Å². The largest absolute Gasteiger partial charge is 0.383 e. The lowest BCUT2D eigenvalue weighted by Gasteiger charge is -2.28. The van der Waals surface area contributed by atoms with E-state index >= 15 is 0 Å². The fourth-order valence-electron chi connectivity index (χ4n) is 4.49. The molecule has 1 saturated heterocycles. The van der Waals surface area contributed by atoms with Gasteiger partial charge in [0.15, 0.2) is 0 Å². The molecule has 36 heavy (non-hydrogen) atoms. The molecule has 0 spiro atoms. The summed E-state index contributed by atoms with van der Waals surface area (Å²) in [4.78, 5) is 31.9. The third-order valence-electron chi connectivity index (χ3n) is 6.76.